The number of nitrogens with zero attached hydrogens (tertiary/aromatic N) is 1. The lowest BCUT2D eigenvalue weighted by atomic mass is 9.99. The van der Waals surface area contributed by atoms with E-state index in [1.807, 2.05) is 35.9 Å². The van der Waals surface area contributed by atoms with Gasteiger partial charge < -0.3 is 14.0 Å². The van der Waals surface area contributed by atoms with Crippen molar-refractivity contribution in [1.82, 2.24) is 4.57 Å². The molecule has 0 aliphatic rings. The lowest BCUT2D eigenvalue weighted by molar-refractivity contribution is -0.154. The summed E-state index contributed by atoms with van der Waals surface area (Å²) in [4.78, 5) is 23.7. The molecule has 0 fully saturated rings. The number of fused-ring (bicyclic) bond motifs is 1. The van der Waals surface area contributed by atoms with E-state index in [0.29, 0.717) is 5.56 Å². The number of hydrogen-bond acceptors (Lipinski definition) is 4. The first-order valence-electron chi connectivity index (χ1n) is 5.79. The minimum atomic E-state index is -1.05. The van der Waals surface area contributed by atoms with Gasteiger partial charge in [0.25, 0.3) is 0 Å². The average molecular weight is 261 g/mol. The second kappa shape index (κ2) is 5.14. The van der Waals surface area contributed by atoms with E-state index in [1.165, 1.54) is 14.2 Å². The molecule has 0 unspecified atom stereocenters. The zero-order valence-electron chi connectivity index (χ0n) is 11.0. The third-order valence-corrected chi connectivity index (χ3v) is 3.11. The maximum absolute atomic E-state index is 11.8. The number of rotatable bonds is 3. The predicted octanol–water partition coefficient (Wildman–Crippen LogP) is 1.61. The molecule has 19 heavy (non-hydrogen) atoms. The van der Waals surface area contributed by atoms with Gasteiger partial charge in [-0.2, -0.15) is 0 Å². The normalized spacial score (nSPS) is 10.7. The molecule has 100 valence electrons. The summed E-state index contributed by atoms with van der Waals surface area (Å²) in [6.07, 6.45) is 1.75. The number of ether oxygens (including phenoxy) is 2. The molecule has 0 spiro atoms. The first-order valence-corrected chi connectivity index (χ1v) is 5.79. The van der Waals surface area contributed by atoms with Gasteiger partial charge in [-0.25, -0.2) is 0 Å². The van der Waals surface area contributed by atoms with Crippen LogP contribution in [0.1, 0.15) is 11.5 Å². The van der Waals surface area contributed by atoms with E-state index in [9.17, 15) is 9.59 Å². The number of methoxy groups -OCH3 is 2. The SMILES string of the molecule is COC(=O)C(C(=O)OC)c1cn(C)c2ccccc12. The standard InChI is InChI=1S/C14H15NO4/c1-15-8-10(9-6-4-5-7-11(9)15)12(13(16)18-2)14(17)19-3/h4-8,12H,1-3H3. The summed E-state index contributed by atoms with van der Waals surface area (Å²) < 4.78 is 11.3. The lowest BCUT2D eigenvalue weighted by Crippen LogP contribution is -2.24. The third-order valence-electron chi connectivity index (χ3n) is 3.11. The van der Waals surface area contributed by atoms with Crippen molar-refractivity contribution in [1.29, 1.82) is 0 Å². The molecule has 1 heterocycles. The molecular formula is C14H15NO4. The number of hydrogen-bond donors (Lipinski definition) is 0. The molecule has 2 aromatic rings. The smallest absolute Gasteiger partial charge is 0.324 e. The van der Waals surface area contributed by atoms with Crippen molar-refractivity contribution in [2.45, 2.75) is 5.92 Å². The zero-order chi connectivity index (χ0) is 14.0. The fraction of sp³-hybridized carbons (Fsp3) is 0.286. The van der Waals surface area contributed by atoms with Gasteiger partial charge in [0.05, 0.1) is 14.2 Å². The van der Waals surface area contributed by atoms with Gasteiger partial charge in [0.1, 0.15) is 0 Å². The van der Waals surface area contributed by atoms with Crippen LogP contribution < -0.4 is 0 Å². The van der Waals surface area contributed by atoms with Crippen molar-refractivity contribution in [2.75, 3.05) is 14.2 Å². The van der Waals surface area contributed by atoms with E-state index in [2.05, 4.69) is 0 Å². The number of carbonyl (C=O) groups excluding carboxylic acids is 2. The second-order valence-electron chi connectivity index (χ2n) is 4.19. The van der Waals surface area contributed by atoms with Crippen LogP contribution in [0, 0.1) is 0 Å². The van der Waals surface area contributed by atoms with Gasteiger partial charge in [-0.1, -0.05) is 18.2 Å². The molecule has 0 bridgehead atoms. The summed E-state index contributed by atoms with van der Waals surface area (Å²) in [5.41, 5.74) is 1.53. The molecule has 0 saturated carbocycles. The van der Waals surface area contributed by atoms with E-state index >= 15 is 0 Å². The van der Waals surface area contributed by atoms with Crippen molar-refractivity contribution in [3.8, 4) is 0 Å². The van der Waals surface area contributed by atoms with Crippen molar-refractivity contribution in [3.05, 3.63) is 36.0 Å². The van der Waals surface area contributed by atoms with Crippen LogP contribution in [0.3, 0.4) is 0 Å². The van der Waals surface area contributed by atoms with Crippen molar-refractivity contribution >= 4 is 22.8 Å². The monoisotopic (exact) mass is 261 g/mol. The summed E-state index contributed by atoms with van der Waals surface area (Å²) in [5.74, 6) is -2.30. The molecule has 5 nitrogen and oxygen atoms in total. The highest BCUT2D eigenvalue weighted by Crippen LogP contribution is 2.29. The topological polar surface area (TPSA) is 57.5 Å². The molecule has 1 aromatic carbocycles. The second-order valence-corrected chi connectivity index (χ2v) is 4.19. The summed E-state index contributed by atoms with van der Waals surface area (Å²) in [6.45, 7) is 0. The molecule has 2 rings (SSSR count). The van der Waals surface area contributed by atoms with Crippen LogP contribution in [0.5, 0.6) is 0 Å². The minimum Gasteiger partial charge on any atom is -0.468 e. The maximum atomic E-state index is 11.8. The highest BCUT2D eigenvalue weighted by Gasteiger charge is 2.33. The van der Waals surface area contributed by atoms with Crippen LogP contribution in [0.4, 0.5) is 0 Å². The number of esters is 2. The van der Waals surface area contributed by atoms with Crippen LogP contribution in [0.25, 0.3) is 10.9 Å². The van der Waals surface area contributed by atoms with E-state index < -0.39 is 17.9 Å². The fourth-order valence-corrected chi connectivity index (χ4v) is 2.19. The van der Waals surface area contributed by atoms with E-state index in [4.69, 9.17) is 9.47 Å². The Morgan fingerprint density at radius 2 is 1.68 bits per heavy atom. The van der Waals surface area contributed by atoms with Crippen LogP contribution in [-0.2, 0) is 26.1 Å². The largest absolute Gasteiger partial charge is 0.468 e. The zero-order valence-corrected chi connectivity index (χ0v) is 11.0. The summed E-state index contributed by atoms with van der Waals surface area (Å²) >= 11 is 0. The Labute approximate surface area is 110 Å². The Hall–Kier alpha value is -2.30. The Kier molecular flexibility index (Phi) is 3.55. The van der Waals surface area contributed by atoms with Crippen molar-refractivity contribution in [3.63, 3.8) is 0 Å². The predicted molar refractivity (Wildman–Crippen MR) is 69.7 cm³/mol. The van der Waals surface area contributed by atoms with E-state index in [0.717, 1.165) is 10.9 Å². The van der Waals surface area contributed by atoms with Crippen LogP contribution in [0.2, 0.25) is 0 Å². The van der Waals surface area contributed by atoms with Gasteiger partial charge in [-0.15, -0.1) is 0 Å². The first-order chi connectivity index (χ1) is 9.10. The summed E-state index contributed by atoms with van der Waals surface area (Å²) in [7, 11) is 4.37. The Bertz CT molecular complexity index is 613. The van der Waals surface area contributed by atoms with Crippen molar-refractivity contribution < 1.29 is 19.1 Å². The number of benzene rings is 1. The molecule has 0 atom stereocenters. The molecule has 0 saturated heterocycles. The molecule has 0 radical (unpaired) electrons. The maximum Gasteiger partial charge on any atom is 0.324 e. The molecule has 5 heteroatoms. The molecule has 1 aromatic heterocycles. The number of aromatic nitrogens is 1. The Balaban J connectivity index is 2.62. The first kappa shape index (κ1) is 13.1. The Morgan fingerprint density at radius 3 is 2.26 bits per heavy atom. The number of aryl methyl sites for hydroxylation is 1. The van der Waals surface area contributed by atoms with Gasteiger partial charge in [-0.05, 0) is 6.07 Å². The fourth-order valence-electron chi connectivity index (χ4n) is 2.19. The van der Waals surface area contributed by atoms with E-state index in [-0.39, 0.29) is 0 Å². The average Bonchev–Trinajstić information content (AvgIpc) is 2.76. The molecular weight excluding hydrogens is 246 g/mol. The van der Waals surface area contributed by atoms with Crippen LogP contribution in [0.15, 0.2) is 30.5 Å². The van der Waals surface area contributed by atoms with Gasteiger partial charge >= 0.3 is 11.9 Å². The van der Waals surface area contributed by atoms with E-state index in [1.54, 1.807) is 6.20 Å². The quantitative estimate of drug-likeness (QED) is 0.622. The van der Waals surface area contributed by atoms with Gasteiger partial charge in [0, 0.05) is 29.7 Å². The third kappa shape index (κ3) is 2.19. The molecule has 0 aliphatic carbocycles. The van der Waals surface area contributed by atoms with Gasteiger partial charge in [0.15, 0.2) is 5.92 Å². The highest BCUT2D eigenvalue weighted by molar-refractivity contribution is 6.04. The number of para-hydroxylation sites is 1. The minimum absolute atomic E-state index is 0.594. The van der Waals surface area contributed by atoms with Gasteiger partial charge in [-0.3, -0.25) is 9.59 Å². The van der Waals surface area contributed by atoms with Crippen LogP contribution in [-0.4, -0.2) is 30.7 Å². The molecule has 0 amide bonds. The molecule has 0 aliphatic heterocycles. The summed E-state index contributed by atoms with van der Waals surface area (Å²) in [5, 5.41) is 0.839. The number of carbonyl (C=O) groups is 2. The highest BCUT2D eigenvalue weighted by atomic mass is 16.5. The Morgan fingerprint density at radius 1 is 1.11 bits per heavy atom. The lowest BCUT2D eigenvalue weighted by Gasteiger charge is -2.11. The van der Waals surface area contributed by atoms with Crippen LogP contribution >= 0.6 is 0 Å². The van der Waals surface area contributed by atoms with Crippen molar-refractivity contribution in [2.24, 2.45) is 7.05 Å². The molecule has 0 N–H and O–H groups in total. The summed E-state index contributed by atoms with van der Waals surface area (Å²) in [6, 6.07) is 7.54. The van der Waals surface area contributed by atoms with Gasteiger partial charge in [0.2, 0.25) is 0 Å².